The fourth-order valence-electron chi connectivity index (χ4n) is 4.17. The van der Waals surface area contributed by atoms with Crippen LogP contribution in [0.1, 0.15) is 54.6 Å². The predicted octanol–water partition coefficient (Wildman–Crippen LogP) is 3.25. The van der Waals surface area contributed by atoms with Crippen molar-refractivity contribution in [2.24, 2.45) is 0 Å². The first kappa shape index (κ1) is 25.1. The van der Waals surface area contributed by atoms with Gasteiger partial charge in [0.25, 0.3) is 18.3 Å². The monoisotopic (exact) mass is 507 g/mol. The summed E-state index contributed by atoms with van der Waals surface area (Å²) >= 11 is 0. The zero-order valence-corrected chi connectivity index (χ0v) is 20.0. The molecule has 0 bridgehead atoms. The Kier molecular flexibility index (Phi) is 7.70. The van der Waals surface area contributed by atoms with Gasteiger partial charge in [-0.15, -0.1) is 0 Å². The van der Waals surface area contributed by atoms with E-state index >= 15 is 0 Å². The van der Waals surface area contributed by atoms with Gasteiger partial charge in [-0.05, 0) is 38.2 Å². The third kappa shape index (κ3) is 6.37. The van der Waals surface area contributed by atoms with Crippen LogP contribution >= 0.6 is 0 Å². The molecule has 0 saturated heterocycles. The van der Waals surface area contributed by atoms with Gasteiger partial charge in [0.2, 0.25) is 0 Å². The van der Waals surface area contributed by atoms with Gasteiger partial charge in [-0.1, -0.05) is 18.2 Å². The SMILES string of the molecule is CS(=O)(=O)CCCO[C@H]1CC[C@H](NC(=O)c2cnc(-n3nc(C(F)F)c4ccccc43)nc2)CC1. The minimum atomic E-state index is -2.98. The highest BCUT2D eigenvalue weighted by Gasteiger charge is 2.24. The maximum Gasteiger partial charge on any atom is 0.282 e. The molecule has 1 aromatic carbocycles. The van der Waals surface area contributed by atoms with E-state index < -0.39 is 16.3 Å². The lowest BCUT2D eigenvalue weighted by Gasteiger charge is -2.29. The molecule has 0 unspecified atom stereocenters. The molecule has 2 heterocycles. The molecule has 9 nitrogen and oxygen atoms in total. The number of para-hydroxylation sites is 1. The van der Waals surface area contributed by atoms with E-state index in [4.69, 9.17) is 4.74 Å². The minimum Gasteiger partial charge on any atom is -0.378 e. The number of carbonyl (C=O) groups is 1. The number of hydrogen-bond donors (Lipinski definition) is 1. The van der Waals surface area contributed by atoms with Crippen molar-refractivity contribution in [1.82, 2.24) is 25.1 Å². The second-order valence-corrected chi connectivity index (χ2v) is 10.9. The molecule has 0 spiro atoms. The molecule has 1 aliphatic carbocycles. The van der Waals surface area contributed by atoms with Gasteiger partial charge in [-0.25, -0.2) is 27.2 Å². The Morgan fingerprint density at radius 1 is 1.17 bits per heavy atom. The minimum absolute atomic E-state index is 0.0123. The van der Waals surface area contributed by atoms with Crippen molar-refractivity contribution in [3.63, 3.8) is 0 Å². The molecule has 0 atom stereocenters. The van der Waals surface area contributed by atoms with Crippen LogP contribution in [0.5, 0.6) is 0 Å². The third-order valence-electron chi connectivity index (χ3n) is 5.93. The number of benzene rings is 1. The van der Waals surface area contributed by atoms with Crippen LogP contribution in [0.2, 0.25) is 0 Å². The van der Waals surface area contributed by atoms with E-state index in [9.17, 15) is 22.0 Å². The molecule has 4 rings (SSSR count). The first-order valence-electron chi connectivity index (χ1n) is 11.4. The Labute approximate surface area is 201 Å². The van der Waals surface area contributed by atoms with E-state index in [0.717, 1.165) is 25.7 Å². The van der Waals surface area contributed by atoms with Gasteiger partial charge in [0.1, 0.15) is 15.5 Å². The predicted molar refractivity (Wildman–Crippen MR) is 125 cm³/mol. The van der Waals surface area contributed by atoms with Gasteiger partial charge >= 0.3 is 0 Å². The molecule has 35 heavy (non-hydrogen) atoms. The number of sulfone groups is 1. The van der Waals surface area contributed by atoms with Crippen LogP contribution < -0.4 is 5.32 Å². The van der Waals surface area contributed by atoms with Gasteiger partial charge in [-0.2, -0.15) is 9.78 Å². The topological polar surface area (TPSA) is 116 Å². The molecule has 0 radical (unpaired) electrons. The summed E-state index contributed by atoms with van der Waals surface area (Å²) in [7, 11) is -2.98. The Balaban J connectivity index is 1.32. The number of ether oxygens (including phenoxy) is 1. The van der Waals surface area contributed by atoms with E-state index in [1.165, 1.54) is 23.3 Å². The number of carbonyl (C=O) groups excluding carboxylic acids is 1. The molecule has 3 aromatic rings. The van der Waals surface area contributed by atoms with Crippen molar-refractivity contribution >= 4 is 26.6 Å². The molecular formula is C23H27F2N5O4S. The molecule has 12 heteroatoms. The third-order valence-corrected chi connectivity index (χ3v) is 6.97. The Bertz CT molecular complexity index is 1270. The van der Waals surface area contributed by atoms with Crippen LogP contribution in [0, 0.1) is 0 Å². The Morgan fingerprint density at radius 3 is 2.51 bits per heavy atom. The van der Waals surface area contributed by atoms with Gasteiger partial charge in [0, 0.05) is 36.7 Å². The van der Waals surface area contributed by atoms with Crippen molar-refractivity contribution in [2.45, 2.75) is 50.7 Å². The number of aromatic nitrogens is 4. The van der Waals surface area contributed by atoms with Crippen LogP contribution in [0.25, 0.3) is 16.9 Å². The van der Waals surface area contributed by atoms with Gasteiger partial charge in [0.05, 0.1) is 22.9 Å². The van der Waals surface area contributed by atoms with Crippen molar-refractivity contribution in [1.29, 1.82) is 0 Å². The summed E-state index contributed by atoms with van der Waals surface area (Å²) in [5.74, 6) is -0.102. The normalized spacial score (nSPS) is 18.7. The van der Waals surface area contributed by atoms with Crippen LogP contribution in [-0.4, -0.2) is 64.8 Å². The average molecular weight is 508 g/mol. The second-order valence-electron chi connectivity index (χ2n) is 8.69. The molecule has 1 N–H and O–H groups in total. The standard InChI is InChI=1S/C23H27F2N5O4S/c1-35(32,33)12-4-11-34-17-9-7-16(8-10-17)28-22(31)15-13-26-23(27-14-15)30-19-6-3-2-5-18(19)20(29-30)21(24)25/h2-3,5-6,13-14,16-17,21H,4,7-12H2,1H3,(H,28,31)/t16-,17-. The van der Waals surface area contributed by atoms with Gasteiger partial charge in [0.15, 0.2) is 0 Å². The summed E-state index contributed by atoms with van der Waals surface area (Å²) in [5.41, 5.74) is 0.370. The van der Waals surface area contributed by atoms with Crippen molar-refractivity contribution in [3.05, 3.63) is 47.9 Å². The summed E-state index contributed by atoms with van der Waals surface area (Å²) in [5, 5.41) is 7.27. The molecule has 188 valence electrons. The summed E-state index contributed by atoms with van der Waals surface area (Å²) in [6.07, 6.45) is 4.77. The van der Waals surface area contributed by atoms with E-state index in [-0.39, 0.29) is 41.0 Å². The largest absolute Gasteiger partial charge is 0.378 e. The lowest BCUT2D eigenvalue weighted by atomic mass is 9.93. The summed E-state index contributed by atoms with van der Waals surface area (Å²) in [6, 6.07) is 6.59. The number of fused-ring (bicyclic) bond motifs is 1. The number of amides is 1. The summed E-state index contributed by atoms with van der Waals surface area (Å²) in [4.78, 5) is 21.0. The number of nitrogens with zero attached hydrogens (tertiary/aromatic N) is 4. The first-order chi connectivity index (χ1) is 16.7. The highest BCUT2D eigenvalue weighted by Crippen LogP contribution is 2.28. The lowest BCUT2D eigenvalue weighted by molar-refractivity contribution is 0.0230. The zero-order valence-electron chi connectivity index (χ0n) is 19.2. The zero-order chi connectivity index (χ0) is 25.0. The fourth-order valence-corrected chi connectivity index (χ4v) is 4.81. The van der Waals surface area contributed by atoms with E-state index in [1.807, 2.05) is 0 Å². The maximum atomic E-state index is 13.4. The van der Waals surface area contributed by atoms with Crippen molar-refractivity contribution in [2.75, 3.05) is 18.6 Å². The van der Waals surface area contributed by atoms with E-state index in [1.54, 1.807) is 24.3 Å². The number of nitrogens with one attached hydrogen (secondary N) is 1. The number of hydrogen-bond acceptors (Lipinski definition) is 7. The molecule has 0 aliphatic heterocycles. The molecule has 1 fully saturated rings. The van der Waals surface area contributed by atoms with E-state index in [0.29, 0.717) is 23.9 Å². The number of alkyl halides is 2. The van der Waals surface area contributed by atoms with E-state index in [2.05, 4.69) is 20.4 Å². The molecule has 1 saturated carbocycles. The average Bonchev–Trinajstić information content (AvgIpc) is 3.22. The second kappa shape index (κ2) is 10.7. The molecule has 1 amide bonds. The molecule has 1 aliphatic rings. The number of rotatable bonds is 9. The number of halogens is 2. The highest BCUT2D eigenvalue weighted by atomic mass is 32.2. The van der Waals surface area contributed by atoms with Gasteiger partial charge < -0.3 is 10.1 Å². The molecular weight excluding hydrogens is 480 g/mol. The smallest absolute Gasteiger partial charge is 0.282 e. The fraction of sp³-hybridized carbons (Fsp3) is 0.478. The lowest BCUT2D eigenvalue weighted by Crippen LogP contribution is -2.39. The van der Waals surface area contributed by atoms with Crippen LogP contribution in [0.4, 0.5) is 8.78 Å². The van der Waals surface area contributed by atoms with Crippen LogP contribution in [-0.2, 0) is 14.6 Å². The molecule has 2 aromatic heterocycles. The van der Waals surface area contributed by atoms with Crippen molar-refractivity contribution < 1.29 is 26.7 Å². The van der Waals surface area contributed by atoms with Gasteiger partial charge in [-0.3, -0.25) is 4.79 Å². The van der Waals surface area contributed by atoms with Crippen LogP contribution in [0.15, 0.2) is 36.7 Å². The summed E-state index contributed by atoms with van der Waals surface area (Å²) in [6.45, 7) is 0.406. The highest BCUT2D eigenvalue weighted by molar-refractivity contribution is 7.90. The first-order valence-corrected chi connectivity index (χ1v) is 13.5. The van der Waals surface area contributed by atoms with Crippen molar-refractivity contribution in [3.8, 4) is 5.95 Å². The Hall–Kier alpha value is -2.99. The quantitative estimate of drug-likeness (QED) is 0.442. The Morgan fingerprint density at radius 2 is 1.86 bits per heavy atom. The van der Waals surface area contributed by atoms with Crippen LogP contribution in [0.3, 0.4) is 0 Å². The maximum absolute atomic E-state index is 13.4. The summed E-state index contributed by atoms with van der Waals surface area (Å²) < 4.78 is 56.1.